The number of fused-ring (bicyclic) bond motifs is 1. The van der Waals surface area contributed by atoms with Crippen molar-refractivity contribution in [3.8, 4) is 22.8 Å². The number of hydrogen-bond acceptors (Lipinski definition) is 5. The van der Waals surface area contributed by atoms with Gasteiger partial charge in [-0.1, -0.05) is 41.9 Å². The summed E-state index contributed by atoms with van der Waals surface area (Å²) >= 11 is 3.91. The van der Waals surface area contributed by atoms with Gasteiger partial charge in [-0.2, -0.15) is 0 Å². The average Bonchev–Trinajstić information content (AvgIpc) is 2.70. The van der Waals surface area contributed by atoms with Gasteiger partial charge in [-0.15, -0.1) is 0 Å². The van der Waals surface area contributed by atoms with E-state index in [9.17, 15) is 8.76 Å². The first-order valence-electron chi connectivity index (χ1n) is 8.42. The Labute approximate surface area is 169 Å². The Kier molecular flexibility index (Phi) is 5.09. The number of hydrogen-bond donors (Lipinski definition) is 0. The average molecular weight is 410 g/mol. The van der Waals surface area contributed by atoms with E-state index in [1.54, 1.807) is 36.4 Å². The second kappa shape index (κ2) is 7.67. The maximum atomic E-state index is 11.1. The van der Waals surface area contributed by atoms with Crippen LogP contribution in [0.25, 0.3) is 22.2 Å². The minimum absolute atomic E-state index is 0.249. The molecule has 28 heavy (non-hydrogen) atoms. The summed E-state index contributed by atoms with van der Waals surface area (Å²) in [6.45, 7) is 1.81. The highest BCUT2D eigenvalue weighted by atomic mass is 35.5. The molecular weight excluding hydrogens is 396 g/mol. The highest BCUT2D eigenvalue weighted by Gasteiger charge is 2.10. The summed E-state index contributed by atoms with van der Waals surface area (Å²) in [5, 5.41) is 0.547. The summed E-state index contributed by atoms with van der Waals surface area (Å²) in [7, 11) is 0. The van der Waals surface area contributed by atoms with E-state index in [1.807, 2.05) is 37.3 Å². The minimum atomic E-state index is -2.26. The third kappa shape index (κ3) is 3.75. The molecule has 4 aromatic rings. The van der Waals surface area contributed by atoms with Crippen LogP contribution >= 0.6 is 11.6 Å². The lowest BCUT2D eigenvalue weighted by atomic mass is 10.1. The van der Waals surface area contributed by atoms with Gasteiger partial charge in [0.2, 0.25) is 5.88 Å². The summed E-state index contributed by atoms with van der Waals surface area (Å²) in [6.07, 6.45) is 0. The molecule has 7 heteroatoms. The molecule has 1 heterocycles. The Balaban J connectivity index is 1.62. The van der Waals surface area contributed by atoms with Crippen LogP contribution in [0.3, 0.4) is 0 Å². The number of aryl methyl sites for hydroxylation is 1. The Morgan fingerprint density at radius 3 is 2.46 bits per heavy atom. The molecule has 0 fully saturated rings. The molecule has 0 N–H and O–H groups in total. The molecule has 0 amide bonds. The monoisotopic (exact) mass is 409 g/mol. The van der Waals surface area contributed by atoms with Crippen LogP contribution in [0.4, 0.5) is 0 Å². The Morgan fingerprint density at radius 2 is 1.71 bits per heavy atom. The molecule has 0 aliphatic rings. The molecule has 0 aliphatic heterocycles. The summed E-state index contributed by atoms with van der Waals surface area (Å²) in [6, 6.07) is 19.5. The molecule has 140 valence electrons. The van der Waals surface area contributed by atoms with E-state index in [0.717, 1.165) is 11.1 Å². The van der Waals surface area contributed by atoms with Gasteiger partial charge in [-0.3, -0.25) is 4.21 Å². The molecule has 4 rings (SSSR count). The van der Waals surface area contributed by atoms with Crippen molar-refractivity contribution in [2.24, 2.45) is 0 Å². The van der Waals surface area contributed by atoms with Crippen molar-refractivity contribution in [3.63, 3.8) is 0 Å². The van der Waals surface area contributed by atoms with Crippen molar-refractivity contribution in [2.45, 2.75) is 11.8 Å². The number of halogens is 1. The molecule has 0 spiro atoms. The first kappa shape index (κ1) is 18.6. The fourth-order valence-electron chi connectivity index (χ4n) is 2.81. The zero-order valence-electron chi connectivity index (χ0n) is 14.8. The van der Waals surface area contributed by atoms with Crippen molar-refractivity contribution in [1.82, 2.24) is 9.97 Å². The predicted octanol–water partition coefficient (Wildman–Crippen LogP) is 5.29. The second-order valence-electron chi connectivity index (χ2n) is 6.11. The van der Waals surface area contributed by atoms with E-state index < -0.39 is 11.1 Å². The molecule has 0 saturated carbocycles. The minimum Gasteiger partial charge on any atom is -0.768 e. The van der Waals surface area contributed by atoms with Crippen LogP contribution < -0.4 is 4.74 Å². The molecule has 1 unspecified atom stereocenters. The normalized spacial score (nSPS) is 12.1. The number of benzene rings is 3. The lowest BCUT2D eigenvalue weighted by molar-refractivity contribution is 0.458. The molecule has 1 aromatic heterocycles. The predicted molar refractivity (Wildman–Crippen MR) is 108 cm³/mol. The van der Waals surface area contributed by atoms with E-state index in [2.05, 4.69) is 9.97 Å². The number of rotatable bonds is 4. The maximum absolute atomic E-state index is 11.1. The van der Waals surface area contributed by atoms with Crippen LogP contribution in [0.2, 0.25) is 5.02 Å². The van der Waals surface area contributed by atoms with Crippen molar-refractivity contribution in [1.29, 1.82) is 0 Å². The first-order valence-corrected chi connectivity index (χ1v) is 9.87. The largest absolute Gasteiger partial charge is 0.768 e. The highest BCUT2D eigenvalue weighted by molar-refractivity contribution is 7.79. The van der Waals surface area contributed by atoms with Crippen LogP contribution in [-0.4, -0.2) is 18.7 Å². The van der Waals surface area contributed by atoms with E-state index in [4.69, 9.17) is 16.3 Å². The zero-order valence-corrected chi connectivity index (χ0v) is 16.3. The molecule has 1 atom stereocenters. The van der Waals surface area contributed by atoms with Crippen LogP contribution in [0, 0.1) is 6.92 Å². The molecule has 0 aliphatic carbocycles. The van der Waals surface area contributed by atoms with E-state index in [0.29, 0.717) is 33.4 Å². The van der Waals surface area contributed by atoms with E-state index in [1.165, 1.54) is 0 Å². The molecule has 3 aromatic carbocycles. The van der Waals surface area contributed by atoms with Gasteiger partial charge in [-0.05, 0) is 65.5 Å². The topological polar surface area (TPSA) is 75.1 Å². The Morgan fingerprint density at radius 1 is 0.964 bits per heavy atom. The number of nitrogens with zero attached hydrogens (tertiary/aromatic N) is 2. The number of para-hydroxylation sites is 1. The number of ether oxygens (including phenoxy) is 1. The maximum Gasteiger partial charge on any atom is 0.241 e. The van der Waals surface area contributed by atoms with E-state index in [-0.39, 0.29) is 4.90 Å². The fraction of sp³-hybridized carbons (Fsp3) is 0.0476. The summed E-state index contributed by atoms with van der Waals surface area (Å²) in [4.78, 5) is 9.24. The highest BCUT2D eigenvalue weighted by Crippen LogP contribution is 2.29. The second-order valence-corrected chi connectivity index (χ2v) is 7.46. The Bertz CT molecular complexity index is 1200. The Hall–Kier alpha value is -2.80. The van der Waals surface area contributed by atoms with Gasteiger partial charge < -0.3 is 9.29 Å². The SMILES string of the molecule is Cc1nc2c(Cl)cccc2nc1Oc1ccc(-c2cccc(S(=O)[O-])c2)cc1. The van der Waals surface area contributed by atoms with Crippen molar-refractivity contribution < 1.29 is 13.5 Å². The molecule has 5 nitrogen and oxygen atoms in total. The van der Waals surface area contributed by atoms with Crippen LogP contribution in [0.5, 0.6) is 11.6 Å². The van der Waals surface area contributed by atoms with Gasteiger partial charge in [0.25, 0.3) is 0 Å². The number of aromatic nitrogens is 2. The summed E-state index contributed by atoms with van der Waals surface area (Å²) in [5.74, 6) is 1.01. The third-order valence-electron chi connectivity index (χ3n) is 4.21. The molecule has 0 saturated heterocycles. The molecule has 0 bridgehead atoms. The van der Waals surface area contributed by atoms with Gasteiger partial charge in [0.15, 0.2) is 0 Å². The van der Waals surface area contributed by atoms with E-state index >= 15 is 0 Å². The van der Waals surface area contributed by atoms with Gasteiger partial charge in [0.05, 0.1) is 10.5 Å². The van der Waals surface area contributed by atoms with Crippen LogP contribution in [0.1, 0.15) is 5.69 Å². The fourth-order valence-corrected chi connectivity index (χ4v) is 3.44. The third-order valence-corrected chi connectivity index (χ3v) is 5.15. The lowest BCUT2D eigenvalue weighted by Gasteiger charge is -2.10. The molecular formula is C21H14ClN2O3S-. The van der Waals surface area contributed by atoms with Crippen molar-refractivity contribution >= 4 is 33.7 Å². The lowest BCUT2D eigenvalue weighted by Crippen LogP contribution is -1.96. The first-order chi connectivity index (χ1) is 13.5. The summed E-state index contributed by atoms with van der Waals surface area (Å²) in [5.41, 5.74) is 3.62. The molecule has 0 radical (unpaired) electrons. The van der Waals surface area contributed by atoms with Gasteiger partial charge in [0.1, 0.15) is 17.0 Å². The standard InChI is InChI=1S/C21H15ClN2O3S/c1-13-21(24-19-7-3-6-18(22)20(19)23-13)27-16-10-8-14(9-11-16)15-4-2-5-17(12-15)28(25)26/h2-12H,1H3,(H,25,26)/p-1. The van der Waals surface area contributed by atoms with Gasteiger partial charge in [-0.25, -0.2) is 9.97 Å². The quantitative estimate of drug-likeness (QED) is 0.428. The van der Waals surface area contributed by atoms with Crippen molar-refractivity contribution in [2.75, 3.05) is 0 Å². The van der Waals surface area contributed by atoms with Crippen LogP contribution in [-0.2, 0) is 11.1 Å². The van der Waals surface area contributed by atoms with Crippen LogP contribution in [0.15, 0.2) is 71.6 Å². The smallest absolute Gasteiger partial charge is 0.241 e. The zero-order chi connectivity index (χ0) is 19.7. The van der Waals surface area contributed by atoms with Crippen molar-refractivity contribution in [3.05, 3.63) is 77.4 Å². The summed E-state index contributed by atoms with van der Waals surface area (Å²) < 4.78 is 28.2. The van der Waals surface area contributed by atoms with Gasteiger partial charge in [0, 0.05) is 4.90 Å². The van der Waals surface area contributed by atoms with Gasteiger partial charge >= 0.3 is 0 Å².